The van der Waals surface area contributed by atoms with Crippen molar-refractivity contribution in [3.63, 3.8) is 0 Å². The molecule has 1 aliphatic heterocycles. The Bertz CT molecular complexity index is 878. The summed E-state index contributed by atoms with van der Waals surface area (Å²) in [4.78, 5) is 0. The molecule has 0 bridgehead atoms. The predicted molar refractivity (Wildman–Crippen MR) is 123 cm³/mol. The second-order valence-electron chi connectivity index (χ2n) is 6.94. The van der Waals surface area contributed by atoms with Gasteiger partial charge >= 0.3 is 5.64 Å². The van der Waals surface area contributed by atoms with E-state index in [-0.39, 0.29) is 0 Å². The van der Waals surface area contributed by atoms with E-state index in [4.69, 9.17) is 0 Å². The van der Waals surface area contributed by atoms with Gasteiger partial charge in [-0.3, -0.25) is 0 Å². The van der Waals surface area contributed by atoms with E-state index in [1.165, 1.54) is 39.3 Å². The van der Waals surface area contributed by atoms with Gasteiger partial charge in [-0.15, -0.1) is 0 Å². The summed E-state index contributed by atoms with van der Waals surface area (Å²) in [5.74, 6) is 0. The van der Waals surface area contributed by atoms with Crippen molar-refractivity contribution in [1.82, 2.24) is 0 Å². The summed E-state index contributed by atoms with van der Waals surface area (Å²) in [7, 11) is 0. The fraction of sp³-hybridized carbons (Fsp3) is 0.238. The maximum Gasteiger partial charge on any atom is 0.421 e. The molecule has 0 N–H and O–H groups in total. The number of rotatable bonds is 2. The topological polar surface area (TPSA) is 6.48 Å². The molecule has 0 aliphatic carbocycles. The van der Waals surface area contributed by atoms with Crippen LogP contribution in [0.2, 0.25) is 0 Å². The lowest BCUT2D eigenvalue weighted by molar-refractivity contribution is 1.10. The van der Waals surface area contributed by atoms with Gasteiger partial charge in [-0.2, -0.15) is 0 Å². The molecule has 0 saturated carbocycles. The summed E-state index contributed by atoms with van der Waals surface area (Å²) in [6.07, 6.45) is 2.17. The minimum absolute atomic E-state index is 1.00. The second kappa shape index (κ2) is 7.02. The van der Waals surface area contributed by atoms with E-state index in [0.717, 1.165) is 5.70 Å². The molecule has 0 amide bonds. The standard InChI is InChI=1S/C21H24Br2N2Si/c1-14-9-7-10-15(2)20(14)24-18(5)13-19(6)25(26(24,22)23)21-16(3)11-8-12-17(21)4/h7-13H,5H2,1-4,6H3. The third kappa shape index (κ3) is 3.10. The summed E-state index contributed by atoms with van der Waals surface area (Å²) < 4.78 is 4.79. The van der Waals surface area contributed by atoms with E-state index in [1.807, 2.05) is 0 Å². The molecular formula is C21H24Br2N2Si. The lowest BCUT2D eigenvalue weighted by Crippen LogP contribution is -2.60. The van der Waals surface area contributed by atoms with Crippen molar-refractivity contribution >= 4 is 47.6 Å². The lowest BCUT2D eigenvalue weighted by Gasteiger charge is -2.49. The summed E-state index contributed by atoms with van der Waals surface area (Å²) in [5.41, 5.74) is 7.23. The zero-order valence-corrected chi connectivity index (χ0v) is 20.1. The van der Waals surface area contributed by atoms with Gasteiger partial charge in [-0.1, -0.05) is 73.6 Å². The van der Waals surface area contributed by atoms with Crippen molar-refractivity contribution in [2.75, 3.05) is 9.13 Å². The van der Waals surface area contributed by atoms with Crippen LogP contribution >= 0.6 is 30.6 Å². The molecule has 1 heterocycles. The number of para-hydroxylation sites is 2. The fourth-order valence-corrected chi connectivity index (χ4v) is 11.3. The Morgan fingerprint density at radius 1 is 0.731 bits per heavy atom. The van der Waals surface area contributed by atoms with Gasteiger partial charge in [0.05, 0.1) is 0 Å². The molecule has 2 aromatic carbocycles. The summed E-state index contributed by atoms with van der Waals surface area (Å²) >= 11 is 8.24. The maximum absolute atomic E-state index is 4.37. The molecule has 136 valence electrons. The van der Waals surface area contributed by atoms with Crippen molar-refractivity contribution < 1.29 is 0 Å². The molecule has 0 radical (unpaired) electrons. The van der Waals surface area contributed by atoms with E-state index in [0.29, 0.717) is 0 Å². The summed E-state index contributed by atoms with van der Waals surface area (Å²) in [5, 5.41) is 0. The first-order valence-corrected chi connectivity index (χ1v) is 15.0. The molecule has 5 heteroatoms. The van der Waals surface area contributed by atoms with E-state index in [9.17, 15) is 0 Å². The number of benzene rings is 2. The summed E-state index contributed by atoms with van der Waals surface area (Å²) in [6, 6.07) is 12.9. The second-order valence-corrected chi connectivity index (χ2v) is 18.7. The zero-order chi connectivity index (χ0) is 19.2. The molecule has 26 heavy (non-hydrogen) atoms. The Balaban J connectivity index is 2.26. The monoisotopic (exact) mass is 490 g/mol. The zero-order valence-electron chi connectivity index (χ0n) is 15.9. The Morgan fingerprint density at radius 2 is 1.12 bits per heavy atom. The number of halogens is 2. The largest absolute Gasteiger partial charge is 0.421 e. The van der Waals surface area contributed by atoms with Crippen LogP contribution in [0, 0.1) is 27.7 Å². The third-order valence-corrected chi connectivity index (χ3v) is 11.3. The van der Waals surface area contributed by atoms with Crippen LogP contribution in [0.1, 0.15) is 29.2 Å². The van der Waals surface area contributed by atoms with Crippen molar-refractivity contribution in [1.29, 1.82) is 0 Å². The molecule has 0 saturated heterocycles. The normalized spacial score (nSPS) is 16.7. The van der Waals surface area contributed by atoms with Gasteiger partial charge in [0.25, 0.3) is 0 Å². The molecule has 2 nitrogen and oxygen atoms in total. The van der Waals surface area contributed by atoms with Crippen molar-refractivity contribution in [2.24, 2.45) is 0 Å². The highest BCUT2D eigenvalue weighted by Crippen LogP contribution is 2.47. The molecule has 0 atom stereocenters. The molecule has 0 fully saturated rings. The Hall–Kier alpha value is -1.30. The average Bonchev–Trinajstić information content (AvgIpc) is 2.52. The number of nitrogens with zero attached hydrogens (tertiary/aromatic N) is 2. The maximum atomic E-state index is 4.37. The minimum atomic E-state index is -2.46. The van der Waals surface area contributed by atoms with Crippen molar-refractivity contribution in [3.8, 4) is 0 Å². The highest BCUT2D eigenvalue weighted by atomic mass is 79.9. The number of allylic oxidation sites excluding steroid dienone is 2. The average molecular weight is 492 g/mol. The predicted octanol–water partition coefficient (Wildman–Crippen LogP) is 6.89. The van der Waals surface area contributed by atoms with Crippen LogP contribution in [0.3, 0.4) is 0 Å². The van der Waals surface area contributed by atoms with Crippen LogP contribution in [-0.2, 0) is 0 Å². The van der Waals surface area contributed by atoms with Crippen LogP contribution in [0.15, 0.2) is 60.4 Å². The molecule has 2 aromatic rings. The molecule has 0 aromatic heterocycles. The molecular weight excluding hydrogens is 468 g/mol. The molecule has 3 rings (SSSR count). The first kappa shape index (κ1) is 19.5. The van der Waals surface area contributed by atoms with E-state index in [2.05, 4.69) is 123 Å². The smallest absolute Gasteiger partial charge is 0.337 e. The van der Waals surface area contributed by atoms with Gasteiger partial charge in [-0.25, -0.2) is 0 Å². The quantitative estimate of drug-likeness (QED) is 0.333. The number of aryl methyl sites for hydroxylation is 4. The number of hydrogen-bond acceptors (Lipinski definition) is 2. The van der Waals surface area contributed by atoms with E-state index >= 15 is 0 Å². The van der Waals surface area contributed by atoms with Gasteiger partial charge in [0.2, 0.25) is 0 Å². The van der Waals surface area contributed by atoms with E-state index < -0.39 is 5.64 Å². The molecule has 0 spiro atoms. The van der Waals surface area contributed by atoms with Crippen molar-refractivity contribution in [2.45, 2.75) is 34.6 Å². The molecule has 0 unspecified atom stereocenters. The van der Waals surface area contributed by atoms with Crippen LogP contribution in [0.25, 0.3) is 0 Å². The number of hydrogen-bond donors (Lipinski definition) is 0. The van der Waals surface area contributed by atoms with Crippen molar-refractivity contribution in [3.05, 3.63) is 82.7 Å². The van der Waals surface area contributed by atoms with Crippen LogP contribution in [0.4, 0.5) is 11.4 Å². The van der Waals surface area contributed by atoms with E-state index in [1.54, 1.807) is 0 Å². The van der Waals surface area contributed by atoms with Gasteiger partial charge < -0.3 is 9.13 Å². The fourth-order valence-electron chi connectivity index (χ4n) is 3.76. The van der Waals surface area contributed by atoms with Gasteiger partial charge in [-0.05, 0) is 62.9 Å². The highest BCUT2D eigenvalue weighted by Gasteiger charge is 2.49. The van der Waals surface area contributed by atoms with Crippen LogP contribution in [-0.4, -0.2) is 5.64 Å². The van der Waals surface area contributed by atoms with Gasteiger partial charge in [0, 0.05) is 22.8 Å². The third-order valence-electron chi connectivity index (χ3n) is 4.88. The lowest BCUT2D eigenvalue weighted by atomic mass is 10.1. The minimum Gasteiger partial charge on any atom is -0.337 e. The number of anilines is 2. The van der Waals surface area contributed by atoms with Crippen LogP contribution in [0.5, 0.6) is 0 Å². The Kier molecular flexibility index (Phi) is 5.25. The Morgan fingerprint density at radius 3 is 1.54 bits per heavy atom. The first-order chi connectivity index (χ1) is 12.2. The summed E-state index contributed by atoms with van der Waals surface area (Å²) in [6.45, 7) is 15.2. The van der Waals surface area contributed by atoms with Gasteiger partial charge in [0.1, 0.15) is 0 Å². The highest BCUT2D eigenvalue weighted by molar-refractivity contribution is 9.51. The van der Waals surface area contributed by atoms with Gasteiger partial charge in [0.15, 0.2) is 0 Å². The SMILES string of the molecule is C=C1C=C(C)N(c2c(C)cccc2C)[Si](Br)(Br)N1c1c(C)cccc1C. The van der Waals surface area contributed by atoms with Crippen LogP contribution < -0.4 is 9.13 Å². The Labute approximate surface area is 173 Å². The molecule has 1 aliphatic rings. The first-order valence-electron chi connectivity index (χ1n) is 8.64.